The van der Waals surface area contributed by atoms with Gasteiger partial charge in [0.05, 0.1) is 6.42 Å². The van der Waals surface area contributed by atoms with Crippen LogP contribution in [0.2, 0.25) is 0 Å². The van der Waals surface area contributed by atoms with Gasteiger partial charge in [-0.1, -0.05) is 6.58 Å². The SMILES string of the molecule is C=CC(=O)CC1(O)C(F)(F)C(F)(F)C1(F)F. The minimum absolute atomic E-state index is 0.389. The zero-order valence-corrected chi connectivity index (χ0v) is 7.61. The normalized spacial score (nSPS) is 27.9. The fourth-order valence-corrected chi connectivity index (χ4v) is 1.40. The summed E-state index contributed by atoms with van der Waals surface area (Å²) in [7, 11) is 0. The summed E-state index contributed by atoms with van der Waals surface area (Å²) in [6.45, 7) is 2.80. The Labute approximate surface area is 85.5 Å². The molecular formula is C8H6F6O2. The lowest BCUT2D eigenvalue weighted by molar-refractivity contribution is -0.488. The number of carbonyl (C=O) groups is 1. The Bertz CT molecular complexity index is 330. The smallest absolute Gasteiger partial charge is 0.377 e. The monoisotopic (exact) mass is 248 g/mol. The Balaban J connectivity index is 3.15. The number of alkyl halides is 6. The molecule has 0 radical (unpaired) electrons. The zero-order chi connectivity index (χ0) is 13.0. The molecule has 1 saturated carbocycles. The van der Waals surface area contributed by atoms with Crippen molar-refractivity contribution in [3.8, 4) is 0 Å². The van der Waals surface area contributed by atoms with E-state index < -0.39 is 35.6 Å². The third-order valence-corrected chi connectivity index (χ3v) is 2.49. The van der Waals surface area contributed by atoms with Gasteiger partial charge in [-0.05, 0) is 6.08 Å². The van der Waals surface area contributed by atoms with Crippen molar-refractivity contribution in [2.45, 2.75) is 29.8 Å². The molecule has 1 rings (SSSR count). The standard InChI is InChI=1S/C8H6F6O2/c1-2-4(15)3-5(16)6(9,10)8(13,14)7(5,11)12/h2,16H,1,3H2. The van der Waals surface area contributed by atoms with E-state index in [0.717, 1.165) is 0 Å². The Morgan fingerprint density at radius 2 is 1.44 bits per heavy atom. The topological polar surface area (TPSA) is 37.3 Å². The van der Waals surface area contributed by atoms with Crippen molar-refractivity contribution in [1.82, 2.24) is 0 Å². The second-order valence-electron chi connectivity index (χ2n) is 3.43. The molecule has 0 amide bonds. The summed E-state index contributed by atoms with van der Waals surface area (Å²) in [6, 6.07) is 0. The van der Waals surface area contributed by atoms with Gasteiger partial charge in [0.15, 0.2) is 5.78 Å². The van der Waals surface area contributed by atoms with E-state index >= 15 is 0 Å². The second kappa shape index (κ2) is 2.99. The van der Waals surface area contributed by atoms with Crippen LogP contribution >= 0.6 is 0 Å². The van der Waals surface area contributed by atoms with E-state index in [1.807, 2.05) is 0 Å². The van der Waals surface area contributed by atoms with Crippen LogP contribution in [0.1, 0.15) is 6.42 Å². The van der Waals surface area contributed by atoms with Crippen LogP contribution in [0.3, 0.4) is 0 Å². The number of hydrogen-bond acceptors (Lipinski definition) is 2. The summed E-state index contributed by atoms with van der Waals surface area (Å²) >= 11 is 0. The fraction of sp³-hybridized carbons (Fsp3) is 0.625. The molecule has 0 heterocycles. The van der Waals surface area contributed by atoms with Crippen LogP contribution < -0.4 is 0 Å². The summed E-state index contributed by atoms with van der Waals surface area (Å²) in [4.78, 5) is 10.6. The number of ketones is 1. The van der Waals surface area contributed by atoms with E-state index in [1.165, 1.54) is 0 Å². The largest absolute Gasteiger partial charge is 0.378 e. The molecule has 0 aromatic carbocycles. The van der Waals surface area contributed by atoms with Gasteiger partial charge in [-0.2, -0.15) is 26.3 Å². The molecule has 1 N–H and O–H groups in total. The van der Waals surface area contributed by atoms with Crippen LogP contribution in [0, 0.1) is 0 Å². The maximum atomic E-state index is 12.7. The third-order valence-electron chi connectivity index (χ3n) is 2.49. The van der Waals surface area contributed by atoms with Crippen LogP contribution in [0.25, 0.3) is 0 Å². The van der Waals surface area contributed by atoms with Gasteiger partial charge in [-0.3, -0.25) is 4.79 Å². The van der Waals surface area contributed by atoms with Gasteiger partial charge in [0.1, 0.15) is 0 Å². The minimum Gasteiger partial charge on any atom is -0.377 e. The lowest BCUT2D eigenvalue weighted by Gasteiger charge is -2.55. The minimum atomic E-state index is -5.67. The predicted octanol–water partition coefficient (Wildman–Crippen LogP) is 1.78. The maximum Gasteiger partial charge on any atom is 0.378 e. The fourth-order valence-electron chi connectivity index (χ4n) is 1.40. The predicted molar refractivity (Wildman–Crippen MR) is 39.6 cm³/mol. The highest BCUT2D eigenvalue weighted by Crippen LogP contribution is 2.67. The van der Waals surface area contributed by atoms with E-state index in [1.54, 1.807) is 0 Å². The van der Waals surface area contributed by atoms with Gasteiger partial charge in [-0.15, -0.1) is 0 Å². The highest BCUT2D eigenvalue weighted by Gasteiger charge is 2.98. The van der Waals surface area contributed by atoms with Gasteiger partial charge < -0.3 is 5.11 Å². The van der Waals surface area contributed by atoms with Crippen LogP contribution in [-0.2, 0) is 4.79 Å². The molecule has 1 aliphatic rings. The Kier molecular flexibility index (Phi) is 2.44. The van der Waals surface area contributed by atoms with E-state index in [2.05, 4.69) is 6.58 Å². The Morgan fingerprint density at radius 3 is 1.75 bits per heavy atom. The molecule has 0 aliphatic heterocycles. The van der Waals surface area contributed by atoms with E-state index in [-0.39, 0.29) is 0 Å². The molecule has 0 atom stereocenters. The molecule has 0 unspecified atom stereocenters. The van der Waals surface area contributed by atoms with Gasteiger partial charge in [-0.25, -0.2) is 0 Å². The van der Waals surface area contributed by atoms with Crippen LogP contribution in [0.15, 0.2) is 12.7 Å². The molecule has 1 fully saturated rings. The summed E-state index contributed by atoms with van der Waals surface area (Å²) in [6.07, 6.45) is -1.42. The summed E-state index contributed by atoms with van der Waals surface area (Å²) in [5.74, 6) is -17.8. The summed E-state index contributed by atoms with van der Waals surface area (Å²) in [5.41, 5.74) is -4.37. The molecule has 1 aliphatic carbocycles. The number of aliphatic hydroxyl groups is 1. The second-order valence-corrected chi connectivity index (χ2v) is 3.43. The molecule has 0 aromatic rings. The molecular weight excluding hydrogens is 242 g/mol. The number of carbonyl (C=O) groups excluding carboxylic acids is 1. The van der Waals surface area contributed by atoms with Crippen molar-refractivity contribution in [2.24, 2.45) is 0 Å². The molecule has 0 aromatic heterocycles. The molecule has 0 bridgehead atoms. The average Bonchev–Trinajstić information content (AvgIpc) is 2.15. The highest BCUT2D eigenvalue weighted by molar-refractivity contribution is 5.90. The third kappa shape index (κ3) is 1.05. The number of allylic oxidation sites excluding steroid dienone is 1. The van der Waals surface area contributed by atoms with Crippen LogP contribution in [0.5, 0.6) is 0 Å². The molecule has 8 heteroatoms. The van der Waals surface area contributed by atoms with Crippen molar-refractivity contribution in [3.63, 3.8) is 0 Å². The first kappa shape index (κ1) is 13.0. The first-order chi connectivity index (χ1) is 6.95. The van der Waals surface area contributed by atoms with Crippen molar-refractivity contribution >= 4 is 5.78 Å². The van der Waals surface area contributed by atoms with Crippen molar-refractivity contribution in [3.05, 3.63) is 12.7 Å². The quantitative estimate of drug-likeness (QED) is 0.610. The lowest BCUT2D eigenvalue weighted by Crippen LogP contribution is -2.86. The zero-order valence-electron chi connectivity index (χ0n) is 7.61. The van der Waals surface area contributed by atoms with Crippen molar-refractivity contribution in [1.29, 1.82) is 0 Å². The van der Waals surface area contributed by atoms with Crippen LogP contribution in [-0.4, -0.2) is 34.3 Å². The van der Waals surface area contributed by atoms with Gasteiger partial charge in [0.25, 0.3) is 0 Å². The van der Waals surface area contributed by atoms with Gasteiger partial charge >= 0.3 is 17.8 Å². The highest BCUT2D eigenvalue weighted by atomic mass is 19.4. The maximum absolute atomic E-state index is 12.7. The van der Waals surface area contributed by atoms with Crippen LogP contribution in [0.4, 0.5) is 26.3 Å². The van der Waals surface area contributed by atoms with Crippen molar-refractivity contribution in [2.75, 3.05) is 0 Å². The first-order valence-electron chi connectivity index (χ1n) is 3.97. The molecule has 0 saturated heterocycles. The summed E-state index contributed by atoms with van der Waals surface area (Å²) in [5, 5.41) is 8.85. The average molecular weight is 248 g/mol. The number of halogens is 6. The molecule has 2 nitrogen and oxygen atoms in total. The van der Waals surface area contributed by atoms with E-state index in [4.69, 9.17) is 5.11 Å². The molecule has 92 valence electrons. The molecule has 0 spiro atoms. The van der Waals surface area contributed by atoms with Gasteiger partial charge in [0.2, 0.25) is 5.60 Å². The van der Waals surface area contributed by atoms with E-state index in [9.17, 15) is 31.1 Å². The Hall–Kier alpha value is -1.05. The van der Waals surface area contributed by atoms with Crippen molar-refractivity contribution < 1.29 is 36.2 Å². The Morgan fingerprint density at radius 1 is 1.06 bits per heavy atom. The lowest BCUT2D eigenvalue weighted by atomic mass is 9.65. The number of rotatable bonds is 3. The first-order valence-corrected chi connectivity index (χ1v) is 3.97. The summed E-state index contributed by atoms with van der Waals surface area (Å²) < 4.78 is 75.5. The molecule has 16 heavy (non-hydrogen) atoms. The van der Waals surface area contributed by atoms with E-state index in [0.29, 0.717) is 6.08 Å². The number of hydrogen-bond donors (Lipinski definition) is 1. The van der Waals surface area contributed by atoms with Gasteiger partial charge in [0, 0.05) is 0 Å².